The number of thioether (sulfide) groups is 1. The summed E-state index contributed by atoms with van der Waals surface area (Å²) in [6, 6.07) is 10.7. The van der Waals surface area contributed by atoms with Crippen LogP contribution in [-0.4, -0.2) is 15.2 Å². The summed E-state index contributed by atoms with van der Waals surface area (Å²) in [6.45, 7) is 1.90. The Morgan fingerprint density at radius 1 is 1.07 bits per heavy atom. The minimum atomic E-state index is -0.350. The molecule has 0 unspecified atom stereocenters. The number of halogens is 3. The monoisotopic (exact) mass is 419 g/mol. The second-order valence-electron chi connectivity index (χ2n) is 5.76. The van der Waals surface area contributed by atoms with Crippen LogP contribution in [0.4, 0.5) is 8.78 Å². The van der Waals surface area contributed by atoms with E-state index in [1.54, 1.807) is 24.3 Å². The number of aromatic nitrogens is 3. The maximum Gasteiger partial charge on any atom is 0.146 e. The van der Waals surface area contributed by atoms with Gasteiger partial charge in [-0.15, -0.1) is 21.5 Å². The minimum absolute atomic E-state index is 0.308. The normalized spacial score (nSPS) is 11.3. The second kappa shape index (κ2) is 7.50. The Bertz CT molecular complexity index is 1110. The van der Waals surface area contributed by atoms with Gasteiger partial charge >= 0.3 is 0 Å². The predicted molar refractivity (Wildman–Crippen MR) is 106 cm³/mol. The smallest absolute Gasteiger partial charge is 0.146 e. The molecule has 0 N–H and O–H groups in total. The summed E-state index contributed by atoms with van der Waals surface area (Å²) in [6.07, 6.45) is 0. The molecular formula is C19H12ClF2N3S2. The summed E-state index contributed by atoms with van der Waals surface area (Å²) in [4.78, 5) is 4.57. The molecular weight excluding hydrogens is 408 g/mol. The molecule has 2 heterocycles. The van der Waals surface area contributed by atoms with E-state index in [4.69, 9.17) is 11.6 Å². The molecule has 2 aromatic heterocycles. The van der Waals surface area contributed by atoms with Gasteiger partial charge in [0.2, 0.25) is 0 Å². The molecule has 0 saturated heterocycles. The molecule has 0 radical (unpaired) electrons. The quantitative estimate of drug-likeness (QED) is 0.364. The van der Waals surface area contributed by atoms with E-state index >= 15 is 0 Å². The topological polar surface area (TPSA) is 38.7 Å². The zero-order chi connectivity index (χ0) is 19.0. The molecule has 4 aromatic rings. The Morgan fingerprint density at radius 3 is 2.59 bits per heavy atom. The van der Waals surface area contributed by atoms with Gasteiger partial charge in [0.15, 0.2) is 0 Å². The van der Waals surface area contributed by atoms with Crippen molar-refractivity contribution in [1.29, 1.82) is 0 Å². The van der Waals surface area contributed by atoms with E-state index < -0.39 is 0 Å². The van der Waals surface area contributed by atoms with Gasteiger partial charge in [-0.3, -0.25) is 0 Å². The predicted octanol–water partition coefficient (Wildman–Crippen LogP) is 6.29. The fraction of sp³-hybridized carbons (Fsp3) is 0.105. The number of hydrogen-bond acceptors (Lipinski definition) is 5. The molecule has 3 nitrogen and oxygen atoms in total. The average molecular weight is 420 g/mol. The van der Waals surface area contributed by atoms with Gasteiger partial charge < -0.3 is 0 Å². The van der Waals surface area contributed by atoms with Crippen molar-refractivity contribution < 1.29 is 8.78 Å². The van der Waals surface area contributed by atoms with Crippen LogP contribution in [0.25, 0.3) is 21.5 Å². The highest BCUT2D eigenvalue weighted by Gasteiger charge is 2.17. The summed E-state index contributed by atoms with van der Waals surface area (Å²) >= 11 is 8.94. The zero-order valence-corrected chi connectivity index (χ0v) is 16.4. The van der Waals surface area contributed by atoms with Gasteiger partial charge in [-0.05, 0) is 43.3 Å². The van der Waals surface area contributed by atoms with Crippen LogP contribution < -0.4 is 0 Å². The summed E-state index contributed by atoms with van der Waals surface area (Å²) in [7, 11) is 0. The highest BCUT2D eigenvalue weighted by atomic mass is 35.5. The first-order valence-corrected chi connectivity index (χ1v) is 10.2. The van der Waals surface area contributed by atoms with E-state index in [-0.39, 0.29) is 11.6 Å². The molecule has 27 heavy (non-hydrogen) atoms. The summed E-state index contributed by atoms with van der Waals surface area (Å²) in [5.41, 5.74) is 2.56. The number of aryl methyl sites for hydroxylation is 1. The van der Waals surface area contributed by atoms with Gasteiger partial charge in [-0.25, -0.2) is 13.8 Å². The van der Waals surface area contributed by atoms with Gasteiger partial charge in [-0.2, -0.15) is 0 Å². The van der Waals surface area contributed by atoms with Crippen LogP contribution in [0.15, 0.2) is 47.5 Å². The van der Waals surface area contributed by atoms with Crippen molar-refractivity contribution in [3.05, 3.63) is 69.7 Å². The number of nitrogens with zero attached hydrogens (tertiary/aromatic N) is 3. The Morgan fingerprint density at radius 2 is 1.85 bits per heavy atom. The zero-order valence-electron chi connectivity index (χ0n) is 14.0. The highest BCUT2D eigenvalue weighted by Crippen LogP contribution is 2.37. The number of thiazole rings is 1. The van der Waals surface area contributed by atoms with E-state index in [0.29, 0.717) is 32.6 Å². The van der Waals surface area contributed by atoms with E-state index in [1.165, 1.54) is 41.3 Å². The first-order valence-electron chi connectivity index (χ1n) is 7.98. The molecule has 4 rings (SSSR count). The molecule has 0 spiro atoms. The molecule has 0 aliphatic heterocycles. The molecule has 0 bridgehead atoms. The lowest BCUT2D eigenvalue weighted by molar-refractivity contribution is 0.617. The van der Waals surface area contributed by atoms with Crippen LogP contribution in [0.1, 0.15) is 10.6 Å². The standard InChI is InChI=1S/C19H12ClF2N3S2/c1-10-23-17-18(27-10)16(11-5-7-12(21)8-6-11)24-25-19(17)26-9-13-14(20)3-2-4-15(13)22/h2-8H,9H2,1H3. The number of hydrogen-bond donors (Lipinski definition) is 0. The average Bonchev–Trinajstić information content (AvgIpc) is 3.04. The third kappa shape index (κ3) is 3.67. The second-order valence-corrected chi connectivity index (χ2v) is 8.33. The van der Waals surface area contributed by atoms with Crippen molar-refractivity contribution >= 4 is 44.9 Å². The largest absolute Gasteiger partial charge is 0.238 e. The summed E-state index contributed by atoms with van der Waals surface area (Å²) in [5.74, 6) is -0.337. The maximum atomic E-state index is 14.0. The van der Waals surface area contributed by atoms with Crippen molar-refractivity contribution in [1.82, 2.24) is 15.2 Å². The third-order valence-electron chi connectivity index (χ3n) is 3.93. The maximum absolute atomic E-state index is 14.0. The lowest BCUT2D eigenvalue weighted by atomic mass is 10.1. The molecule has 0 saturated carbocycles. The van der Waals surface area contributed by atoms with Crippen molar-refractivity contribution in [3.8, 4) is 11.3 Å². The van der Waals surface area contributed by atoms with Gasteiger partial charge in [-0.1, -0.05) is 29.4 Å². The highest BCUT2D eigenvalue weighted by molar-refractivity contribution is 7.98. The minimum Gasteiger partial charge on any atom is -0.238 e. The first-order chi connectivity index (χ1) is 13.0. The molecule has 136 valence electrons. The Balaban J connectivity index is 1.73. The van der Waals surface area contributed by atoms with Crippen LogP contribution in [0.3, 0.4) is 0 Å². The molecule has 0 aliphatic rings. The number of rotatable bonds is 4. The Hall–Kier alpha value is -2.09. The lowest BCUT2D eigenvalue weighted by Crippen LogP contribution is -1.94. The first kappa shape index (κ1) is 18.3. The molecule has 0 fully saturated rings. The van der Waals surface area contributed by atoms with Crippen molar-refractivity contribution in [3.63, 3.8) is 0 Å². The Labute approximate surface area is 167 Å². The van der Waals surface area contributed by atoms with Crippen LogP contribution in [-0.2, 0) is 5.75 Å². The van der Waals surface area contributed by atoms with Gasteiger partial charge in [0.05, 0.1) is 9.71 Å². The van der Waals surface area contributed by atoms with Crippen LogP contribution in [0.5, 0.6) is 0 Å². The molecule has 0 atom stereocenters. The number of fused-ring (bicyclic) bond motifs is 1. The van der Waals surface area contributed by atoms with Crippen molar-refractivity contribution in [2.75, 3.05) is 0 Å². The van der Waals surface area contributed by atoms with E-state index in [2.05, 4.69) is 15.2 Å². The van der Waals surface area contributed by atoms with Crippen LogP contribution in [0.2, 0.25) is 5.02 Å². The molecule has 8 heteroatoms. The summed E-state index contributed by atoms with van der Waals surface area (Å²) in [5, 5.41) is 10.5. The van der Waals surface area contributed by atoms with Gasteiger partial charge in [0, 0.05) is 21.9 Å². The van der Waals surface area contributed by atoms with E-state index in [9.17, 15) is 8.78 Å². The molecule has 0 amide bonds. The van der Waals surface area contributed by atoms with Crippen LogP contribution >= 0.6 is 34.7 Å². The van der Waals surface area contributed by atoms with Crippen LogP contribution in [0, 0.1) is 18.6 Å². The Kier molecular flexibility index (Phi) is 5.08. The molecule has 0 aliphatic carbocycles. The van der Waals surface area contributed by atoms with E-state index in [1.807, 2.05) is 6.92 Å². The SMILES string of the molecule is Cc1nc2c(SCc3c(F)cccc3Cl)nnc(-c3ccc(F)cc3)c2s1. The van der Waals surface area contributed by atoms with E-state index in [0.717, 1.165) is 15.3 Å². The van der Waals surface area contributed by atoms with Crippen molar-refractivity contribution in [2.45, 2.75) is 17.7 Å². The molecule has 2 aromatic carbocycles. The summed E-state index contributed by atoms with van der Waals surface area (Å²) < 4.78 is 28.1. The fourth-order valence-electron chi connectivity index (χ4n) is 2.63. The van der Waals surface area contributed by atoms with Crippen molar-refractivity contribution in [2.24, 2.45) is 0 Å². The number of benzene rings is 2. The van der Waals surface area contributed by atoms with Gasteiger partial charge in [0.25, 0.3) is 0 Å². The lowest BCUT2D eigenvalue weighted by Gasteiger charge is -2.07. The fourth-order valence-corrected chi connectivity index (χ4v) is 4.88. The third-order valence-corrected chi connectivity index (χ3v) is 6.24. The van der Waals surface area contributed by atoms with Gasteiger partial charge in [0.1, 0.15) is 27.9 Å².